The van der Waals surface area contributed by atoms with Gasteiger partial charge in [-0.1, -0.05) is 29.8 Å². The Morgan fingerprint density at radius 1 is 1.05 bits per heavy atom. The highest BCUT2D eigenvalue weighted by Gasteiger charge is 2.16. The van der Waals surface area contributed by atoms with Crippen LogP contribution >= 0.6 is 23.2 Å². The monoisotopic (exact) mass is 324 g/mol. The number of ether oxygens (including phenoxy) is 2. The molecule has 0 aliphatic carbocycles. The maximum absolute atomic E-state index is 6.59. The van der Waals surface area contributed by atoms with E-state index in [0.29, 0.717) is 17.9 Å². The molecule has 2 nitrogen and oxygen atoms in total. The van der Waals surface area contributed by atoms with Crippen molar-refractivity contribution in [3.63, 3.8) is 0 Å². The molecule has 2 aromatic rings. The van der Waals surface area contributed by atoms with E-state index in [0.717, 1.165) is 21.7 Å². The molecular weight excluding hydrogens is 307 g/mol. The molecule has 0 saturated heterocycles. The van der Waals surface area contributed by atoms with Gasteiger partial charge in [0.05, 0.1) is 19.6 Å². The second-order valence-corrected chi connectivity index (χ2v) is 5.76. The van der Waals surface area contributed by atoms with Crippen molar-refractivity contribution in [1.29, 1.82) is 0 Å². The van der Waals surface area contributed by atoms with Crippen LogP contribution in [0.4, 0.5) is 0 Å². The third kappa shape index (κ3) is 3.63. The van der Waals surface area contributed by atoms with E-state index in [2.05, 4.69) is 0 Å². The van der Waals surface area contributed by atoms with E-state index < -0.39 is 0 Å². The Hall–Kier alpha value is -1.38. The van der Waals surface area contributed by atoms with E-state index in [1.54, 1.807) is 14.2 Å². The van der Waals surface area contributed by atoms with Gasteiger partial charge in [0, 0.05) is 5.02 Å². The Balaban J connectivity index is 2.31. The lowest BCUT2D eigenvalue weighted by molar-refractivity contribution is 0.354. The topological polar surface area (TPSA) is 18.5 Å². The molecular formula is C17H18Cl2O2. The molecule has 112 valence electrons. The van der Waals surface area contributed by atoms with Gasteiger partial charge in [-0.2, -0.15) is 0 Å². The summed E-state index contributed by atoms with van der Waals surface area (Å²) >= 11 is 12.8. The lowest BCUT2D eigenvalue weighted by atomic mass is 9.99. The van der Waals surface area contributed by atoms with Crippen LogP contribution in [0.1, 0.15) is 22.1 Å². The lowest BCUT2D eigenvalue weighted by Crippen LogP contribution is -2.01. The number of benzene rings is 2. The summed E-state index contributed by atoms with van der Waals surface area (Å²) in [5.74, 6) is 1.39. The van der Waals surface area contributed by atoms with Gasteiger partial charge >= 0.3 is 0 Å². The number of hydrogen-bond acceptors (Lipinski definition) is 2. The molecule has 1 unspecified atom stereocenters. The minimum atomic E-state index is -0.176. The van der Waals surface area contributed by atoms with Crippen LogP contribution in [0.25, 0.3) is 0 Å². The Morgan fingerprint density at radius 2 is 1.67 bits per heavy atom. The second-order valence-electron chi connectivity index (χ2n) is 4.83. The Labute approximate surface area is 135 Å². The molecule has 0 spiro atoms. The predicted octanol–water partition coefficient (Wildman–Crippen LogP) is 5.19. The van der Waals surface area contributed by atoms with E-state index in [1.807, 2.05) is 43.3 Å². The molecule has 1 atom stereocenters. The molecule has 0 bridgehead atoms. The molecule has 0 radical (unpaired) electrons. The standard InChI is InChI=1S/C17H18Cl2O2/c1-11-8-16(20-2)17(21-3)10-13(11)15(19)9-12-6-4-5-7-14(12)18/h4-8,10,15H,9H2,1-3H3. The molecule has 2 rings (SSSR count). The summed E-state index contributed by atoms with van der Waals surface area (Å²) in [6.45, 7) is 2.01. The zero-order chi connectivity index (χ0) is 15.4. The van der Waals surface area contributed by atoms with Crippen LogP contribution in [0.15, 0.2) is 36.4 Å². The first-order chi connectivity index (χ1) is 10.1. The average Bonchev–Trinajstić information content (AvgIpc) is 2.49. The third-order valence-electron chi connectivity index (χ3n) is 3.47. The molecule has 4 heteroatoms. The maximum Gasteiger partial charge on any atom is 0.161 e. The normalized spacial score (nSPS) is 12.0. The van der Waals surface area contributed by atoms with Crippen LogP contribution in [-0.2, 0) is 6.42 Å². The van der Waals surface area contributed by atoms with Crippen LogP contribution in [0.3, 0.4) is 0 Å². The van der Waals surface area contributed by atoms with Crippen LogP contribution in [0.2, 0.25) is 5.02 Å². The van der Waals surface area contributed by atoms with Crippen LogP contribution in [-0.4, -0.2) is 14.2 Å². The molecule has 0 fully saturated rings. The van der Waals surface area contributed by atoms with Gasteiger partial charge in [-0.25, -0.2) is 0 Å². The van der Waals surface area contributed by atoms with Crippen molar-refractivity contribution < 1.29 is 9.47 Å². The third-order valence-corrected chi connectivity index (χ3v) is 4.22. The molecule has 0 aliphatic heterocycles. The van der Waals surface area contributed by atoms with Crippen molar-refractivity contribution in [1.82, 2.24) is 0 Å². The minimum absolute atomic E-state index is 0.176. The van der Waals surface area contributed by atoms with Crippen LogP contribution < -0.4 is 9.47 Å². The molecule has 0 aromatic heterocycles. The first kappa shape index (κ1) is 16.0. The molecule has 0 aliphatic rings. The highest BCUT2D eigenvalue weighted by Crippen LogP contribution is 2.37. The van der Waals surface area contributed by atoms with Crippen LogP contribution in [0.5, 0.6) is 11.5 Å². The van der Waals surface area contributed by atoms with Gasteiger partial charge in [-0.3, -0.25) is 0 Å². The van der Waals surface area contributed by atoms with E-state index >= 15 is 0 Å². The largest absolute Gasteiger partial charge is 0.493 e. The van der Waals surface area contributed by atoms with E-state index in [1.165, 1.54) is 0 Å². The first-order valence-electron chi connectivity index (χ1n) is 6.66. The fourth-order valence-electron chi connectivity index (χ4n) is 2.30. The zero-order valence-corrected chi connectivity index (χ0v) is 13.8. The second kappa shape index (κ2) is 7.06. The highest BCUT2D eigenvalue weighted by molar-refractivity contribution is 6.31. The minimum Gasteiger partial charge on any atom is -0.493 e. The summed E-state index contributed by atoms with van der Waals surface area (Å²) in [4.78, 5) is 0. The van der Waals surface area contributed by atoms with Crippen molar-refractivity contribution in [2.75, 3.05) is 14.2 Å². The van der Waals surface area contributed by atoms with Gasteiger partial charge in [0.1, 0.15) is 0 Å². The zero-order valence-electron chi connectivity index (χ0n) is 12.3. The fourth-order valence-corrected chi connectivity index (χ4v) is 2.91. The summed E-state index contributed by atoms with van der Waals surface area (Å²) in [5.41, 5.74) is 3.13. The Morgan fingerprint density at radius 3 is 2.29 bits per heavy atom. The number of rotatable bonds is 5. The predicted molar refractivity (Wildman–Crippen MR) is 88.0 cm³/mol. The summed E-state index contributed by atoms with van der Waals surface area (Å²) < 4.78 is 10.6. The fraction of sp³-hybridized carbons (Fsp3) is 0.294. The molecule has 0 N–H and O–H groups in total. The van der Waals surface area contributed by atoms with Gasteiger partial charge in [0.2, 0.25) is 0 Å². The van der Waals surface area contributed by atoms with Gasteiger partial charge in [0.15, 0.2) is 11.5 Å². The summed E-state index contributed by atoms with van der Waals surface area (Å²) in [7, 11) is 3.24. The van der Waals surface area contributed by atoms with Gasteiger partial charge in [-0.05, 0) is 48.2 Å². The Bertz CT molecular complexity index is 626. The van der Waals surface area contributed by atoms with Crippen molar-refractivity contribution in [2.45, 2.75) is 18.7 Å². The molecule has 0 heterocycles. The van der Waals surface area contributed by atoms with Crippen LogP contribution in [0, 0.1) is 6.92 Å². The van der Waals surface area contributed by atoms with Crippen molar-refractivity contribution in [3.8, 4) is 11.5 Å². The number of alkyl halides is 1. The van der Waals surface area contributed by atoms with Gasteiger partial charge in [0.25, 0.3) is 0 Å². The summed E-state index contributed by atoms with van der Waals surface area (Å²) in [5, 5.41) is 0.561. The quantitative estimate of drug-likeness (QED) is 0.705. The first-order valence-corrected chi connectivity index (χ1v) is 7.48. The lowest BCUT2D eigenvalue weighted by Gasteiger charge is -2.17. The number of hydrogen-bond donors (Lipinski definition) is 0. The van der Waals surface area contributed by atoms with Gasteiger partial charge < -0.3 is 9.47 Å². The average molecular weight is 325 g/mol. The van der Waals surface area contributed by atoms with Crippen molar-refractivity contribution >= 4 is 23.2 Å². The van der Waals surface area contributed by atoms with Gasteiger partial charge in [-0.15, -0.1) is 11.6 Å². The SMILES string of the molecule is COc1cc(C)c(C(Cl)Cc2ccccc2Cl)cc1OC. The van der Waals surface area contributed by atoms with E-state index in [4.69, 9.17) is 32.7 Å². The molecule has 21 heavy (non-hydrogen) atoms. The highest BCUT2D eigenvalue weighted by atomic mass is 35.5. The van der Waals surface area contributed by atoms with E-state index in [-0.39, 0.29) is 5.38 Å². The summed E-state index contributed by atoms with van der Waals surface area (Å²) in [6, 6.07) is 11.6. The van der Waals surface area contributed by atoms with Crippen molar-refractivity contribution in [3.05, 3.63) is 58.1 Å². The molecule has 0 saturated carbocycles. The molecule has 2 aromatic carbocycles. The Kier molecular flexibility index (Phi) is 5.38. The molecule has 0 amide bonds. The van der Waals surface area contributed by atoms with Crippen molar-refractivity contribution in [2.24, 2.45) is 0 Å². The number of halogens is 2. The number of aryl methyl sites for hydroxylation is 1. The number of methoxy groups -OCH3 is 2. The van der Waals surface area contributed by atoms with E-state index in [9.17, 15) is 0 Å². The smallest absolute Gasteiger partial charge is 0.161 e. The summed E-state index contributed by atoms with van der Waals surface area (Å²) in [6.07, 6.45) is 0.664. The maximum atomic E-state index is 6.59.